The molecule has 2 unspecified atom stereocenters. The van der Waals surface area contributed by atoms with E-state index in [1.165, 1.54) is 11.2 Å². The molecule has 2 saturated heterocycles. The molecule has 2 bridgehead atoms. The summed E-state index contributed by atoms with van der Waals surface area (Å²) in [6.07, 6.45) is 4.99. The molecule has 0 spiro atoms. The fourth-order valence-electron chi connectivity index (χ4n) is 3.79. The lowest BCUT2D eigenvalue weighted by molar-refractivity contribution is -0.134. The molecule has 2 fully saturated rings. The van der Waals surface area contributed by atoms with Crippen LogP contribution in [0.1, 0.15) is 32.1 Å². The summed E-state index contributed by atoms with van der Waals surface area (Å²) in [5.74, 6) is 0.960. The van der Waals surface area contributed by atoms with Crippen LogP contribution in [0.2, 0.25) is 0 Å². The van der Waals surface area contributed by atoms with Gasteiger partial charge in [-0.15, -0.1) is 11.8 Å². The molecule has 0 N–H and O–H groups in total. The summed E-state index contributed by atoms with van der Waals surface area (Å²) >= 11 is 1.70. The summed E-state index contributed by atoms with van der Waals surface area (Å²) in [5.41, 5.74) is 0. The van der Waals surface area contributed by atoms with Crippen molar-refractivity contribution in [2.75, 3.05) is 12.0 Å². The van der Waals surface area contributed by atoms with Crippen molar-refractivity contribution in [2.24, 2.45) is 0 Å². The van der Waals surface area contributed by atoms with E-state index >= 15 is 0 Å². The minimum Gasteiger partial charge on any atom is -0.337 e. The van der Waals surface area contributed by atoms with Gasteiger partial charge in [0.05, 0.1) is 5.25 Å². The van der Waals surface area contributed by atoms with E-state index in [4.69, 9.17) is 0 Å². The molecule has 23 heavy (non-hydrogen) atoms. The molecule has 2 heterocycles. The van der Waals surface area contributed by atoms with Gasteiger partial charge in [-0.3, -0.25) is 4.79 Å². The Morgan fingerprint density at radius 3 is 2.35 bits per heavy atom. The number of nitrogens with zero attached hydrogens (tertiary/aromatic N) is 1. The first-order valence-electron chi connectivity index (χ1n) is 8.13. The Morgan fingerprint density at radius 1 is 1.17 bits per heavy atom. The van der Waals surface area contributed by atoms with E-state index in [9.17, 15) is 13.2 Å². The minimum atomic E-state index is -3.00. The fourth-order valence-corrected chi connectivity index (χ4v) is 5.79. The van der Waals surface area contributed by atoms with Gasteiger partial charge >= 0.3 is 0 Å². The number of rotatable bonds is 5. The van der Waals surface area contributed by atoms with Crippen molar-refractivity contribution >= 4 is 27.5 Å². The molecule has 0 aromatic heterocycles. The standard InChI is InChI=1S/C17H23NO3S2/c1-23(20,21)16-11-13-7-8-14(12-16)18(13)17(19)9-10-22-15-5-3-2-4-6-15/h2-6,13-14,16H,7-12H2,1H3. The Morgan fingerprint density at radius 2 is 1.78 bits per heavy atom. The Balaban J connectivity index is 1.55. The number of fused-ring (bicyclic) bond motifs is 2. The zero-order chi connectivity index (χ0) is 16.4. The molecule has 0 radical (unpaired) electrons. The lowest BCUT2D eigenvalue weighted by atomic mass is 10.0. The van der Waals surface area contributed by atoms with Gasteiger partial charge in [0.25, 0.3) is 0 Å². The average molecular weight is 354 g/mol. The van der Waals surface area contributed by atoms with Crippen molar-refractivity contribution in [3.63, 3.8) is 0 Å². The summed E-state index contributed by atoms with van der Waals surface area (Å²) in [7, 11) is -3.00. The Hall–Kier alpha value is -1.01. The van der Waals surface area contributed by atoms with E-state index in [2.05, 4.69) is 12.1 Å². The number of hydrogen-bond acceptors (Lipinski definition) is 4. The second-order valence-corrected chi connectivity index (χ2v) is 10.0. The van der Waals surface area contributed by atoms with E-state index < -0.39 is 9.84 Å². The molecule has 3 rings (SSSR count). The molecule has 1 amide bonds. The summed E-state index contributed by atoms with van der Waals surface area (Å²) in [4.78, 5) is 15.7. The number of carbonyl (C=O) groups excluding carboxylic acids is 1. The van der Waals surface area contributed by atoms with E-state index in [-0.39, 0.29) is 23.2 Å². The van der Waals surface area contributed by atoms with Crippen molar-refractivity contribution in [3.05, 3.63) is 30.3 Å². The van der Waals surface area contributed by atoms with E-state index in [0.717, 1.165) is 18.6 Å². The predicted octanol–water partition coefficient (Wildman–Crippen LogP) is 2.74. The number of carbonyl (C=O) groups is 1. The van der Waals surface area contributed by atoms with Gasteiger partial charge in [0.2, 0.25) is 5.91 Å². The molecule has 126 valence electrons. The van der Waals surface area contributed by atoms with Gasteiger partial charge in [-0.25, -0.2) is 8.42 Å². The highest BCUT2D eigenvalue weighted by Gasteiger charge is 2.45. The first-order valence-corrected chi connectivity index (χ1v) is 11.1. The number of hydrogen-bond donors (Lipinski definition) is 0. The number of thioether (sulfide) groups is 1. The Kier molecular flexibility index (Phi) is 5.01. The van der Waals surface area contributed by atoms with Gasteiger partial charge in [-0.1, -0.05) is 18.2 Å². The number of piperidine rings is 1. The topological polar surface area (TPSA) is 54.5 Å². The lowest BCUT2D eigenvalue weighted by Gasteiger charge is -2.38. The molecule has 2 aliphatic heterocycles. The maximum atomic E-state index is 12.6. The molecule has 1 aromatic carbocycles. The third-order valence-corrected chi connectivity index (χ3v) is 7.52. The van der Waals surface area contributed by atoms with Gasteiger partial charge < -0.3 is 4.90 Å². The number of amides is 1. The summed E-state index contributed by atoms with van der Waals surface area (Å²) in [5, 5.41) is -0.261. The molecule has 0 aliphatic carbocycles. The smallest absolute Gasteiger partial charge is 0.223 e. The predicted molar refractivity (Wildman–Crippen MR) is 93.3 cm³/mol. The monoisotopic (exact) mass is 353 g/mol. The summed E-state index contributed by atoms with van der Waals surface area (Å²) in [6.45, 7) is 0. The molecule has 4 nitrogen and oxygen atoms in total. The second kappa shape index (κ2) is 6.85. The molecule has 1 aromatic rings. The quantitative estimate of drug-likeness (QED) is 0.764. The van der Waals surface area contributed by atoms with Gasteiger partial charge in [-0.05, 0) is 37.8 Å². The van der Waals surface area contributed by atoms with Crippen LogP contribution in [0.4, 0.5) is 0 Å². The van der Waals surface area contributed by atoms with Crippen molar-refractivity contribution in [1.82, 2.24) is 4.90 Å². The Bertz CT molecular complexity index is 646. The van der Waals surface area contributed by atoms with Crippen LogP contribution in [0, 0.1) is 0 Å². The zero-order valence-corrected chi connectivity index (χ0v) is 15.0. The van der Waals surface area contributed by atoms with E-state index in [1.54, 1.807) is 11.8 Å². The van der Waals surface area contributed by atoms with Crippen LogP contribution in [0.15, 0.2) is 35.2 Å². The molecule has 6 heteroatoms. The highest BCUT2D eigenvalue weighted by molar-refractivity contribution is 7.99. The fraction of sp³-hybridized carbons (Fsp3) is 0.588. The van der Waals surface area contributed by atoms with Crippen LogP contribution in [0.25, 0.3) is 0 Å². The number of sulfone groups is 1. The first kappa shape index (κ1) is 16.8. The van der Waals surface area contributed by atoms with Crippen molar-refractivity contribution in [2.45, 2.75) is 54.3 Å². The van der Waals surface area contributed by atoms with Crippen LogP contribution < -0.4 is 0 Å². The SMILES string of the molecule is CS(=O)(=O)C1CC2CCC(C1)N2C(=O)CCSc1ccccc1. The third-order valence-electron chi connectivity index (χ3n) is 4.91. The molecule has 2 aliphatic rings. The van der Waals surface area contributed by atoms with Crippen molar-refractivity contribution in [3.8, 4) is 0 Å². The van der Waals surface area contributed by atoms with Gasteiger partial charge in [0, 0.05) is 35.4 Å². The average Bonchev–Trinajstić information content (AvgIpc) is 2.77. The molecular formula is C17H23NO3S2. The van der Waals surface area contributed by atoms with Crippen LogP contribution in [-0.4, -0.2) is 48.6 Å². The highest BCUT2D eigenvalue weighted by atomic mass is 32.2. The largest absolute Gasteiger partial charge is 0.337 e. The maximum Gasteiger partial charge on any atom is 0.223 e. The highest BCUT2D eigenvalue weighted by Crippen LogP contribution is 2.38. The summed E-state index contributed by atoms with van der Waals surface area (Å²) < 4.78 is 23.6. The summed E-state index contributed by atoms with van der Waals surface area (Å²) in [6, 6.07) is 10.3. The second-order valence-electron chi connectivity index (χ2n) is 6.52. The van der Waals surface area contributed by atoms with Crippen LogP contribution >= 0.6 is 11.8 Å². The van der Waals surface area contributed by atoms with E-state index in [0.29, 0.717) is 19.3 Å². The van der Waals surface area contributed by atoms with Crippen LogP contribution in [-0.2, 0) is 14.6 Å². The lowest BCUT2D eigenvalue weighted by Crippen LogP contribution is -2.49. The van der Waals surface area contributed by atoms with Gasteiger partial charge in [0.1, 0.15) is 9.84 Å². The van der Waals surface area contributed by atoms with Gasteiger partial charge in [-0.2, -0.15) is 0 Å². The first-order chi connectivity index (χ1) is 10.9. The van der Waals surface area contributed by atoms with Crippen molar-refractivity contribution < 1.29 is 13.2 Å². The maximum absolute atomic E-state index is 12.6. The zero-order valence-electron chi connectivity index (χ0n) is 13.3. The molecule has 2 atom stereocenters. The molecular weight excluding hydrogens is 330 g/mol. The number of benzene rings is 1. The normalized spacial score (nSPS) is 27.2. The van der Waals surface area contributed by atoms with Gasteiger partial charge in [0.15, 0.2) is 0 Å². The van der Waals surface area contributed by atoms with Crippen molar-refractivity contribution in [1.29, 1.82) is 0 Å². The third kappa shape index (κ3) is 3.91. The van der Waals surface area contributed by atoms with Crippen LogP contribution in [0.3, 0.4) is 0 Å². The minimum absolute atomic E-state index is 0.128. The Labute approximate surface area is 142 Å². The van der Waals surface area contributed by atoms with Crippen LogP contribution in [0.5, 0.6) is 0 Å². The van der Waals surface area contributed by atoms with E-state index in [1.807, 2.05) is 23.1 Å². The molecule has 0 saturated carbocycles.